The average molecular weight is 421 g/mol. The number of hydrogen-bond acceptors (Lipinski definition) is 0. The third kappa shape index (κ3) is 5.44. The van der Waals surface area contributed by atoms with Crippen molar-refractivity contribution < 1.29 is 0 Å². The van der Waals surface area contributed by atoms with Gasteiger partial charge in [-0.2, -0.15) is 0 Å². The standard InChI is InChI=1S/C31H48/c1-18(2)24-13-15-26(20(5)6)30(22(9)10)28(24)17-29-25(19(3)4)14-16-27(21(7)8)31(29)23(11)12/h13-16,18-23H,17H2,1-12H3. The lowest BCUT2D eigenvalue weighted by Crippen LogP contribution is -2.14. The van der Waals surface area contributed by atoms with Gasteiger partial charge in [-0.3, -0.25) is 0 Å². The molecule has 0 unspecified atom stereocenters. The normalized spacial score (nSPS) is 12.5. The van der Waals surface area contributed by atoms with Crippen LogP contribution in [-0.4, -0.2) is 0 Å². The van der Waals surface area contributed by atoms with Gasteiger partial charge in [-0.05, 0) is 86.4 Å². The van der Waals surface area contributed by atoms with E-state index in [0.29, 0.717) is 35.5 Å². The molecule has 172 valence electrons. The van der Waals surface area contributed by atoms with Gasteiger partial charge >= 0.3 is 0 Å². The van der Waals surface area contributed by atoms with E-state index in [9.17, 15) is 0 Å². The molecule has 0 fully saturated rings. The maximum Gasteiger partial charge on any atom is -0.00142 e. The van der Waals surface area contributed by atoms with Crippen LogP contribution in [0.5, 0.6) is 0 Å². The van der Waals surface area contributed by atoms with Crippen LogP contribution < -0.4 is 0 Å². The van der Waals surface area contributed by atoms with E-state index in [2.05, 4.69) is 107 Å². The summed E-state index contributed by atoms with van der Waals surface area (Å²) in [6.45, 7) is 28.3. The summed E-state index contributed by atoms with van der Waals surface area (Å²) < 4.78 is 0. The average Bonchev–Trinajstić information content (AvgIpc) is 2.65. The highest BCUT2D eigenvalue weighted by molar-refractivity contribution is 5.53. The maximum atomic E-state index is 2.43. The molecular formula is C31H48. The third-order valence-electron chi connectivity index (χ3n) is 6.85. The van der Waals surface area contributed by atoms with Crippen LogP contribution in [0.4, 0.5) is 0 Å². The fourth-order valence-corrected chi connectivity index (χ4v) is 5.42. The van der Waals surface area contributed by atoms with Gasteiger partial charge in [-0.1, -0.05) is 107 Å². The zero-order valence-corrected chi connectivity index (χ0v) is 22.5. The molecule has 0 atom stereocenters. The molecule has 31 heavy (non-hydrogen) atoms. The molecule has 2 aromatic rings. The second-order valence-corrected chi connectivity index (χ2v) is 11.4. The first-order valence-corrected chi connectivity index (χ1v) is 12.7. The highest BCUT2D eigenvalue weighted by Crippen LogP contribution is 2.40. The van der Waals surface area contributed by atoms with Crippen molar-refractivity contribution in [2.45, 2.75) is 125 Å². The summed E-state index contributed by atoms with van der Waals surface area (Å²) in [5, 5.41) is 0. The molecule has 0 aromatic heterocycles. The summed E-state index contributed by atoms with van der Waals surface area (Å²) in [6, 6.07) is 9.68. The van der Waals surface area contributed by atoms with Crippen LogP contribution in [0, 0.1) is 0 Å². The van der Waals surface area contributed by atoms with Crippen LogP contribution in [0.2, 0.25) is 0 Å². The van der Waals surface area contributed by atoms with Gasteiger partial charge in [-0.25, -0.2) is 0 Å². The van der Waals surface area contributed by atoms with E-state index in [0.717, 1.165) is 6.42 Å². The smallest absolute Gasteiger partial charge is 0.00142 e. The van der Waals surface area contributed by atoms with Gasteiger partial charge < -0.3 is 0 Å². The molecule has 0 aliphatic carbocycles. The Morgan fingerprint density at radius 1 is 0.387 bits per heavy atom. The van der Waals surface area contributed by atoms with E-state index in [1.165, 1.54) is 22.3 Å². The fraction of sp³-hybridized carbons (Fsp3) is 0.613. The monoisotopic (exact) mass is 420 g/mol. The zero-order chi connectivity index (χ0) is 23.6. The first-order valence-electron chi connectivity index (χ1n) is 12.7. The molecule has 0 amide bonds. The topological polar surface area (TPSA) is 0 Å². The minimum atomic E-state index is 0.532. The van der Waals surface area contributed by atoms with Gasteiger partial charge in [0.1, 0.15) is 0 Å². The fourth-order valence-electron chi connectivity index (χ4n) is 5.42. The lowest BCUT2D eigenvalue weighted by molar-refractivity contribution is 0.739. The van der Waals surface area contributed by atoms with Crippen LogP contribution in [0.3, 0.4) is 0 Å². The summed E-state index contributed by atoms with van der Waals surface area (Å²) in [7, 11) is 0. The van der Waals surface area contributed by atoms with E-state index < -0.39 is 0 Å². The Labute approximate surface area is 193 Å². The number of rotatable bonds is 8. The van der Waals surface area contributed by atoms with E-state index >= 15 is 0 Å². The van der Waals surface area contributed by atoms with Crippen molar-refractivity contribution in [3.05, 3.63) is 68.8 Å². The Morgan fingerprint density at radius 2 is 0.645 bits per heavy atom. The van der Waals surface area contributed by atoms with Gasteiger partial charge in [0.25, 0.3) is 0 Å². The minimum Gasteiger partial charge on any atom is -0.0587 e. The molecule has 0 N–H and O–H groups in total. The molecule has 0 aliphatic rings. The number of hydrogen-bond donors (Lipinski definition) is 0. The lowest BCUT2D eigenvalue weighted by Gasteiger charge is -2.29. The van der Waals surface area contributed by atoms with Crippen molar-refractivity contribution in [1.82, 2.24) is 0 Å². The Kier molecular flexibility index (Phi) is 8.60. The number of benzene rings is 2. The van der Waals surface area contributed by atoms with E-state index in [4.69, 9.17) is 0 Å². The molecule has 0 bridgehead atoms. The Morgan fingerprint density at radius 3 is 0.871 bits per heavy atom. The third-order valence-corrected chi connectivity index (χ3v) is 6.85. The van der Waals surface area contributed by atoms with Gasteiger partial charge in [-0.15, -0.1) is 0 Å². The summed E-state index contributed by atoms with van der Waals surface area (Å²) in [5.41, 5.74) is 12.5. The van der Waals surface area contributed by atoms with Gasteiger partial charge in [0, 0.05) is 0 Å². The minimum absolute atomic E-state index is 0.532. The molecule has 2 aromatic carbocycles. The van der Waals surface area contributed by atoms with E-state index in [-0.39, 0.29) is 0 Å². The zero-order valence-electron chi connectivity index (χ0n) is 22.5. The van der Waals surface area contributed by atoms with Crippen LogP contribution in [0.15, 0.2) is 24.3 Å². The maximum absolute atomic E-state index is 2.43. The summed E-state index contributed by atoms with van der Waals surface area (Å²) in [5.74, 6) is 3.23. The van der Waals surface area contributed by atoms with Gasteiger partial charge in [0.15, 0.2) is 0 Å². The molecule has 0 heterocycles. The second kappa shape index (κ2) is 10.4. The van der Waals surface area contributed by atoms with Gasteiger partial charge in [0.2, 0.25) is 0 Å². The Bertz CT molecular complexity index is 802. The summed E-state index contributed by atoms with van der Waals surface area (Å²) in [4.78, 5) is 0. The van der Waals surface area contributed by atoms with Crippen molar-refractivity contribution in [1.29, 1.82) is 0 Å². The van der Waals surface area contributed by atoms with Crippen molar-refractivity contribution in [3.63, 3.8) is 0 Å². The Hall–Kier alpha value is -1.56. The summed E-state index contributed by atoms with van der Waals surface area (Å²) >= 11 is 0. The largest absolute Gasteiger partial charge is 0.0587 e. The predicted octanol–water partition coefficient (Wildman–Crippen LogP) is 10.0. The molecule has 0 aliphatic heterocycles. The Balaban J connectivity index is 2.92. The van der Waals surface area contributed by atoms with Crippen molar-refractivity contribution in [3.8, 4) is 0 Å². The molecule has 0 spiro atoms. The van der Waals surface area contributed by atoms with Crippen LogP contribution in [0.25, 0.3) is 0 Å². The molecular weight excluding hydrogens is 372 g/mol. The van der Waals surface area contributed by atoms with Gasteiger partial charge in [0.05, 0.1) is 0 Å². The second-order valence-electron chi connectivity index (χ2n) is 11.4. The van der Waals surface area contributed by atoms with Crippen molar-refractivity contribution in [2.24, 2.45) is 0 Å². The lowest BCUT2D eigenvalue weighted by atomic mass is 9.76. The molecule has 2 rings (SSSR count). The summed E-state index contributed by atoms with van der Waals surface area (Å²) in [6.07, 6.45) is 1.06. The molecule has 0 saturated heterocycles. The highest BCUT2D eigenvalue weighted by atomic mass is 14.3. The van der Waals surface area contributed by atoms with Crippen LogP contribution >= 0.6 is 0 Å². The highest BCUT2D eigenvalue weighted by Gasteiger charge is 2.24. The molecule has 0 nitrogen and oxygen atoms in total. The van der Waals surface area contributed by atoms with Crippen molar-refractivity contribution >= 4 is 0 Å². The molecule has 0 saturated carbocycles. The molecule has 0 radical (unpaired) electrons. The van der Waals surface area contributed by atoms with Crippen LogP contribution in [0.1, 0.15) is 163 Å². The predicted molar refractivity (Wildman–Crippen MR) is 140 cm³/mol. The first-order chi connectivity index (χ1) is 14.4. The first kappa shape index (κ1) is 25.7. The van der Waals surface area contributed by atoms with E-state index in [1.54, 1.807) is 22.3 Å². The molecule has 0 heteroatoms. The van der Waals surface area contributed by atoms with Crippen LogP contribution in [-0.2, 0) is 6.42 Å². The van der Waals surface area contributed by atoms with Crippen molar-refractivity contribution in [2.75, 3.05) is 0 Å². The quantitative estimate of drug-likeness (QED) is 0.398. The van der Waals surface area contributed by atoms with E-state index in [1.807, 2.05) is 0 Å². The SMILES string of the molecule is CC(C)c1ccc(C(C)C)c(C(C)C)c1Cc1c(C(C)C)ccc(C(C)C)c1C(C)C.